The van der Waals surface area contributed by atoms with Crippen LogP contribution in [0.25, 0.3) is 0 Å². The molecule has 0 spiro atoms. The molecule has 0 aromatic rings. The van der Waals surface area contributed by atoms with Crippen molar-refractivity contribution in [3.63, 3.8) is 0 Å². The summed E-state index contributed by atoms with van der Waals surface area (Å²) < 4.78 is 10.6. The van der Waals surface area contributed by atoms with E-state index < -0.39 is 0 Å². The van der Waals surface area contributed by atoms with Gasteiger partial charge >= 0.3 is 0 Å². The molecule has 0 saturated carbocycles. The molecule has 0 rings (SSSR count). The largest absolute Gasteiger partial charge is 0.377 e. The van der Waals surface area contributed by atoms with Crippen LogP contribution in [0.5, 0.6) is 0 Å². The first-order valence-corrected chi connectivity index (χ1v) is 12.0. The lowest BCUT2D eigenvalue weighted by molar-refractivity contribution is -0.126. The van der Waals surface area contributed by atoms with Gasteiger partial charge in [-0.25, -0.2) is 0 Å². The van der Waals surface area contributed by atoms with Crippen LogP contribution in [-0.4, -0.2) is 82.3 Å². The zero-order valence-electron chi connectivity index (χ0n) is 16.8. The Morgan fingerprint density at radius 2 is 1.71 bits per heavy atom. The number of unbranched alkanes of at least 4 members (excludes halogenated alkanes) is 1. The van der Waals surface area contributed by atoms with Crippen LogP contribution in [0, 0.1) is 0 Å². The number of rotatable bonds is 19. The Morgan fingerprint density at radius 3 is 2.39 bits per heavy atom. The van der Waals surface area contributed by atoms with Gasteiger partial charge in [-0.05, 0) is 32.6 Å². The molecule has 0 aliphatic carbocycles. The third-order valence-electron chi connectivity index (χ3n) is 3.64. The molecule has 0 aromatic carbocycles. The first-order valence-electron chi connectivity index (χ1n) is 9.32. The number of nitrogens with two attached hydrogens (primary N) is 1. The third kappa shape index (κ3) is 17.1. The van der Waals surface area contributed by atoms with Crippen molar-refractivity contribution in [1.82, 2.24) is 16.0 Å². The summed E-state index contributed by atoms with van der Waals surface area (Å²) in [5, 5.41) is 8.39. The third-order valence-corrected chi connectivity index (χ3v) is 5.45. The van der Waals surface area contributed by atoms with E-state index in [1.54, 1.807) is 28.6 Å². The summed E-state index contributed by atoms with van der Waals surface area (Å²) in [6.07, 6.45) is 4.69. The maximum Gasteiger partial charge on any atom is 0.245 e. The lowest BCUT2D eigenvalue weighted by Gasteiger charge is -2.12. The molecule has 0 aliphatic rings. The summed E-state index contributed by atoms with van der Waals surface area (Å²) in [4.78, 5) is 34.1. The van der Waals surface area contributed by atoms with Gasteiger partial charge in [-0.15, -0.1) is 0 Å². The molecule has 3 amide bonds. The fourth-order valence-corrected chi connectivity index (χ4v) is 3.32. The van der Waals surface area contributed by atoms with Crippen LogP contribution in [0.3, 0.4) is 0 Å². The van der Waals surface area contributed by atoms with Gasteiger partial charge in [-0.2, -0.15) is 0 Å². The number of hydrogen-bond acceptors (Lipinski definition) is 8. The predicted molar refractivity (Wildman–Crippen MR) is 114 cm³/mol. The van der Waals surface area contributed by atoms with E-state index in [9.17, 15) is 14.4 Å². The normalized spacial score (nSPS) is 11.8. The van der Waals surface area contributed by atoms with E-state index in [0.717, 1.165) is 18.6 Å². The second-order valence-electron chi connectivity index (χ2n) is 5.84. The summed E-state index contributed by atoms with van der Waals surface area (Å²) >= 11 is 0. The Kier molecular flexibility index (Phi) is 18.6. The van der Waals surface area contributed by atoms with Crippen LogP contribution in [0.1, 0.15) is 25.7 Å². The highest BCUT2D eigenvalue weighted by Gasteiger charge is 2.11. The smallest absolute Gasteiger partial charge is 0.245 e. The van der Waals surface area contributed by atoms with Gasteiger partial charge in [0.1, 0.15) is 6.61 Å². The second kappa shape index (κ2) is 19.3. The standard InChI is InChI=1S/C17H34N4O5S2/c1-19-14(17(18)24)5-3-4-7-20-16(23)13-26-11-10-25-9-8-21-15(22)6-12-28-27-2/h14,19H,3-13H2,1-2H3,(H2,18,24)(H,20,23)(H,21,22). The number of primary amides is 1. The first-order chi connectivity index (χ1) is 13.5. The zero-order chi connectivity index (χ0) is 21.0. The van der Waals surface area contributed by atoms with Gasteiger partial charge in [0.25, 0.3) is 0 Å². The van der Waals surface area contributed by atoms with Crippen LogP contribution < -0.4 is 21.7 Å². The van der Waals surface area contributed by atoms with Gasteiger partial charge in [0.05, 0.1) is 25.9 Å². The van der Waals surface area contributed by atoms with Gasteiger partial charge in [-0.1, -0.05) is 21.6 Å². The van der Waals surface area contributed by atoms with E-state index in [1.165, 1.54) is 0 Å². The molecule has 9 nitrogen and oxygen atoms in total. The predicted octanol–water partition coefficient (Wildman–Crippen LogP) is -0.103. The summed E-state index contributed by atoms with van der Waals surface area (Å²) in [6, 6.07) is -0.327. The lowest BCUT2D eigenvalue weighted by Crippen LogP contribution is -2.39. The van der Waals surface area contributed by atoms with Crippen LogP contribution in [0.2, 0.25) is 0 Å². The summed E-state index contributed by atoms with van der Waals surface area (Å²) in [6.45, 7) is 2.07. The molecule has 5 N–H and O–H groups in total. The molecule has 0 fully saturated rings. The van der Waals surface area contributed by atoms with E-state index in [-0.39, 0.29) is 30.4 Å². The molecule has 164 valence electrons. The van der Waals surface area contributed by atoms with Crippen LogP contribution in [-0.2, 0) is 23.9 Å². The van der Waals surface area contributed by atoms with E-state index >= 15 is 0 Å². The average molecular weight is 439 g/mol. The summed E-state index contributed by atoms with van der Waals surface area (Å²) in [5.74, 6) is 0.271. The van der Waals surface area contributed by atoms with Crippen LogP contribution in [0.15, 0.2) is 0 Å². The Morgan fingerprint density at radius 1 is 1.00 bits per heavy atom. The minimum absolute atomic E-state index is 0.0202. The van der Waals surface area contributed by atoms with E-state index in [4.69, 9.17) is 15.2 Å². The van der Waals surface area contributed by atoms with Crippen LogP contribution >= 0.6 is 21.6 Å². The van der Waals surface area contributed by atoms with Crippen LogP contribution in [0.4, 0.5) is 0 Å². The molecule has 0 heterocycles. The minimum atomic E-state index is -0.366. The number of amides is 3. The average Bonchev–Trinajstić information content (AvgIpc) is 2.66. The lowest BCUT2D eigenvalue weighted by atomic mass is 10.1. The van der Waals surface area contributed by atoms with Gasteiger partial charge in [0, 0.05) is 25.3 Å². The molecule has 0 aliphatic heterocycles. The molecular weight excluding hydrogens is 404 g/mol. The molecule has 28 heavy (non-hydrogen) atoms. The number of ether oxygens (including phenoxy) is 2. The summed E-state index contributed by atoms with van der Waals surface area (Å²) in [5.41, 5.74) is 5.23. The number of nitrogens with one attached hydrogen (secondary N) is 3. The van der Waals surface area contributed by atoms with Crippen molar-refractivity contribution in [3.05, 3.63) is 0 Å². The van der Waals surface area contributed by atoms with Gasteiger partial charge < -0.3 is 31.2 Å². The minimum Gasteiger partial charge on any atom is -0.377 e. The quantitative estimate of drug-likeness (QED) is 0.162. The first kappa shape index (κ1) is 27.0. The van der Waals surface area contributed by atoms with Gasteiger partial charge in [0.15, 0.2) is 0 Å². The van der Waals surface area contributed by atoms with Crippen molar-refractivity contribution >= 4 is 39.3 Å². The molecule has 11 heteroatoms. The summed E-state index contributed by atoms with van der Waals surface area (Å²) in [7, 11) is 5.00. The number of carbonyl (C=O) groups excluding carboxylic acids is 3. The molecule has 0 aromatic heterocycles. The van der Waals surface area contributed by atoms with Crippen molar-refractivity contribution in [2.75, 3.05) is 58.6 Å². The van der Waals surface area contributed by atoms with Crippen molar-refractivity contribution in [2.24, 2.45) is 5.73 Å². The molecule has 1 atom stereocenters. The number of likely N-dealkylation sites (N-methyl/N-ethyl adjacent to an activating group) is 1. The Balaban J connectivity index is 3.39. The van der Waals surface area contributed by atoms with Gasteiger partial charge in [-0.3, -0.25) is 14.4 Å². The highest BCUT2D eigenvalue weighted by Crippen LogP contribution is 2.16. The molecule has 0 radical (unpaired) electrons. The fourth-order valence-electron chi connectivity index (χ4n) is 2.13. The molecule has 0 saturated heterocycles. The Labute approximate surface area is 175 Å². The second-order valence-corrected chi connectivity index (χ2v) is 8.53. The number of hydrogen-bond donors (Lipinski definition) is 4. The van der Waals surface area contributed by atoms with E-state index in [1.807, 2.05) is 6.26 Å². The van der Waals surface area contributed by atoms with E-state index in [0.29, 0.717) is 45.8 Å². The molecular formula is C17H34N4O5S2. The van der Waals surface area contributed by atoms with Crippen molar-refractivity contribution in [1.29, 1.82) is 0 Å². The zero-order valence-corrected chi connectivity index (χ0v) is 18.4. The van der Waals surface area contributed by atoms with Crippen molar-refractivity contribution < 1.29 is 23.9 Å². The van der Waals surface area contributed by atoms with Crippen molar-refractivity contribution in [3.8, 4) is 0 Å². The van der Waals surface area contributed by atoms with E-state index in [2.05, 4.69) is 16.0 Å². The monoisotopic (exact) mass is 438 g/mol. The molecule has 1 unspecified atom stereocenters. The SMILES string of the molecule is CNC(CCCCNC(=O)COCCOCCNC(=O)CCSSC)C(N)=O. The Hall–Kier alpha value is -1.01. The molecule has 0 bridgehead atoms. The van der Waals surface area contributed by atoms with Crippen molar-refractivity contribution in [2.45, 2.75) is 31.7 Å². The highest BCUT2D eigenvalue weighted by molar-refractivity contribution is 8.76. The maximum absolute atomic E-state index is 11.6. The van der Waals surface area contributed by atoms with Gasteiger partial charge in [0.2, 0.25) is 17.7 Å². The fraction of sp³-hybridized carbons (Fsp3) is 0.824. The number of carbonyl (C=O) groups is 3. The highest BCUT2D eigenvalue weighted by atomic mass is 33.1. The Bertz CT molecular complexity index is 444. The maximum atomic E-state index is 11.6. The topological polar surface area (TPSA) is 132 Å².